The Hall–Kier alpha value is -2.09. The van der Waals surface area contributed by atoms with Crippen molar-refractivity contribution in [3.8, 4) is 0 Å². The largest absolute Gasteiger partial charge is 0.481 e. The Bertz CT molecular complexity index is 613. The van der Waals surface area contributed by atoms with Gasteiger partial charge in [0.15, 0.2) is 0 Å². The number of hydrogen-bond donors (Lipinski definition) is 3. The smallest absolute Gasteiger partial charge is 0.303 e. The number of rotatable bonds is 8. The minimum atomic E-state index is -3.37. The molecule has 0 atom stereocenters. The first-order valence-corrected chi connectivity index (χ1v) is 8.25. The van der Waals surface area contributed by atoms with E-state index in [9.17, 15) is 18.0 Å². The summed E-state index contributed by atoms with van der Waals surface area (Å²) in [6.07, 6.45) is 2.23. The van der Waals surface area contributed by atoms with E-state index in [-0.39, 0.29) is 18.7 Å². The average molecular weight is 314 g/mol. The molecular formula is C13H18N2O5S. The van der Waals surface area contributed by atoms with E-state index >= 15 is 0 Å². The Morgan fingerprint density at radius 3 is 2.38 bits per heavy atom. The van der Waals surface area contributed by atoms with Crippen molar-refractivity contribution < 1.29 is 23.1 Å². The number of benzene rings is 1. The van der Waals surface area contributed by atoms with Gasteiger partial charge in [0, 0.05) is 18.5 Å². The number of anilines is 2. The van der Waals surface area contributed by atoms with Gasteiger partial charge in [-0.2, -0.15) is 0 Å². The molecule has 8 heteroatoms. The quantitative estimate of drug-likeness (QED) is 0.631. The van der Waals surface area contributed by atoms with Gasteiger partial charge in [-0.3, -0.25) is 14.3 Å². The lowest BCUT2D eigenvalue weighted by Gasteiger charge is -2.08. The molecule has 1 amide bonds. The van der Waals surface area contributed by atoms with Crippen LogP contribution in [0.15, 0.2) is 24.3 Å². The summed E-state index contributed by atoms with van der Waals surface area (Å²) in [4.78, 5) is 22.0. The summed E-state index contributed by atoms with van der Waals surface area (Å²) < 4.78 is 24.5. The molecule has 0 aliphatic heterocycles. The predicted molar refractivity (Wildman–Crippen MR) is 79.6 cm³/mol. The van der Waals surface area contributed by atoms with Gasteiger partial charge in [0.25, 0.3) is 0 Å². The fourth-order valence-corrected chi connectivity index (χ4v) is 2.21. The molecule has 0 spiro atoms. The Morgan fingerprint density at radius 1 is 1.14 bits per heavy atom. The monoisotopic (exact) mass is 314 g/mol. The molecule has 1 rings (SSSR count). The van der Waals surface area contributed by atoms with Crippen LogP contribution in [0.25, 0.3) is 0 Å². The highest BCUT2D eigenvalue weighted by Crippen LogP contribution is 2.16. The zero-order chi connectivity index (χ0) is 15.9. The number of carboxylic acid groups (broad SMARTS) is 1. The number of carboxylic acids is 1. The maximum Gasteiger partial charge on any atom is 0.303 e. The number of carbonyl (C=O) groups is 2. The van der Waals surface area contributed by atoms with Gasteiger partial charge < -0.3 is 10.4 Å². The maximum absolute atomic E-state index is 11.7. The van der Waals surface area contributed by atoms with E-state index in [0.717, 1.165) is 6.26 Å². The Balaban J connectivity index is 2.49. The lowest BCUT2D eigenvalue weighted by molar-refractivity contribution is -0.137. The van der Waals surface area contributed by atoms with E-state index in [1.165, 1.54) is 6.07 Å². The highest BCUT2D eigenvalue weighted by atomic mass is 32.2. The molecule has 0 fully saturated rings. The van der Waals surface area contributed by atoms with Crippen LogP contribution >= 0.6 is 0 Å². The van der Waals surface area contributed by atoms with Crippen molar-refractivity contribution >= 4 is 33.3 Å². The number of hydrogen-bond acceptors (Lipinski definition) is 4. The molecule has 0 saturated heterocycles. The van der Waals surface area contributed by atoms with Gasteiger partial charge in [-0.15, -0.1) is 0 Å². The van der Waals surface area contributed by atoms with Crippen LogP contribution in [0, 0.1) is 0 Å². The number of carbonyl (C=O) groups excluding carboxylic acids is 1. The van der Waals surface area contributed by atoms with Crippen LogP contribution in [-0.4, -0.2) is 31.7 Å². The van der Waals surface area contributed by atoms with E-state index in [4.69, 9.17) is 5.11 Å². The summed E-state index contributed by atoms with van der Waals surface area (Å²) in [5.41, 5.74) is 0.841. The SMILES string of the molecule is CS(=O)(=O)Nc1cccc(NC(=O)CCCCC(=O)O)c1. The molecule has 0 saturated carbocycles. The van der Waals surface area contributed by atoms with E-state index < -0.39 is 16.0 Å². The summed E-state index contributed by atoms with van der Waals surface area (Å²) in [5.74, 6) is -1.12. The third-order valence-electron chi connectivity index (χ3n) is 2.49. The fraction of sp³-hybridized carbons (Fsp3) is 0.385. The van der Waals surface area contributed by atoms with Crippen molar-refractivity contribution in [2.75, 3.05) is 16.3 Å². The van der Waals surface area contributed by atoms with Crippen LogP contribution < -0.4 is 10.0 Å². The van der Waals surface area contributed by atoms with Gasteiger partial charge in [0.2, 0.25) is 15.9 Å². The van der Waals surface area contributed by atoms with Crippen LogP contribution in [0.1, 0.15) is 25.7 Å². The Kier molecular flexibility index (Phi) is 6.16. The minimum absolute atomic E-state index is 0.0427. The van der Waals surface area contributed by atoms with Gasteiger partial charge in [-0.05, 0) is 31.0 Å². The van der Waals surface area contributed by atoms with E-state index in [0.29, 0.717) is 24.2 Å². The predicted octanol–water partition coefficient (Wildman–Crippen LogP) is 1.64. The number of sulfonamides is 1. The van der Waals surface area contributed by atoms with Crippen LogP contribution in [0.3, 0.4) is 0 Å². The normalized spacial score (nSPS) is 10.9. The Morgan fingerprint density at radius 2 is 1.76 bits per heavy atom. The summed E-state index contributed by atoms with van der Waals surface area (Å²) in [6, 6.07) is 6.34. The molecule has 0 radical (unpaired) electrons. The van der Waals surface area contributed by atoms with Crippen LogP contribution in [0.5, 0.6) is 0 Å². The standard InChI is InChI=1S/C13H18N2O5S/c1-21(19,20)15-11-6-4-5-10(9-11)14-12(16)7-2-3-8-13(17)18/h4-6,9,15H,2-3,7-8H2,1H3,(H,14,16)(H,17,18). The Labute approximate surface area is 123 Å². The molecule has 3 N–H and O–H groups in total. The first-order chi connectivity index (χ1) is 9.76. The topological polar surface area (TPSA) is 113 Å². The maximum atomic E-state index is 11.7. The molecule has 21 heavy (non-hydrogen) atoms. The third-order valence-corrected chi connectivity index (χ3v) is 3.10. The zero-order valence-electron chi connectivity index (χ0n) is 11.6. The lowest BCUT2D eigenvalue weighted by Crippen LogP contribution is -2.13. The second kappa shape index (κ2) is 7.63. The second-order valence-corrected chi connectivity index (χ2v) is 6.35. The number of amides is 1. The van der Waals surface area contributed by atoms with Crippen LogP contribution in [0.2, 0.25) is 0 Å². The van der Waals surface area contributed by atoms with Crippen molar-refractivity contribution in [1.82, 2.24) is 0 Å². The van der Waals surface area contributed by atoms with E-state index in [1.807, 2.05) is 0 Å². The van der Waals surface area contributed by atoms with Gasteiger partial charge in [0.1, 0.15) is 0 Å². The minimum Gasteiger partial charge on any atom is -0.481 e. The molecule has 0 heterocycles. The number of aliphatic carboxylic acids is 1. The van der Waals surface area contributed by atoms with Crippen molar-refractivity contribution in [3.63, 3.8) is 0 Å². The molecule has 1 aromatic carbocycles. The molecular weight excluding hydrogens is 296 g/mol. The lowest BCUT2D eigenvalue weighted by atomic mass is 10.2. The summed E-state index contributed by atoms with van der Waals surface area (Å²) in [6.45, 7) is 0. The van der Waals surface area contributed by atoms with Crippen LogP contribution in [0.4, 0.5) is 11.4 Å². The van der Waals surface area contributed by atoms with Crippen molar-refractivity contribution in [2.24, 2.45) is 0 Å². The van der Waals surface area contributed by atoms with Crippen molar-refractivity contribution in [1.29, 1.82) is 0 Å². The van der Waals surface area contributed by atoms with Gasteiger partial charge in [-0.1, -0.05) is 6.07 Å². The number of nitrogens with one attached hydrogen (secondary N) is 2. The molecule has 7 nitrogen and oxygen atoms in total. The fourth-order valence-electron chi connectivity index (χ4n) is 1.66. The van der Waals surface area contributed by atoms with Gasteiger partial charge >= 0.3 is 5.97 Å². The molecule has 1 aromatic rings. The van der Waals surface area contributed by atoms with Gasteiger partial charge in [0.05, 0.1) is 11.9 Å². The first kappa shape index (κ1) is 17.0. The molecule has 0 aliphatic carbocycles. The summed E-state index contributed by atoms with van der Waals surface area (Å²) in [7, 11) is -3.37. The summed E-state index contributed by atoms with van der Waals surface area (Å²) >= 11 is 0. The molecule has 116 valence electrons. The molecule has 0 aromatic heterocycles. The molecule has 0 unspecified atom stereocenters. The van der Waals surface area contributed by atoms with Gasteiger partial charge in [-0.25, -0.2) is 8.42 Å². The van der Waals surface area contributed by atoms with Crippen molar-refractivity contribution in [2.45, 2.75) is 25.7 Å². The summed E-state index contributed by atoms with van der Waals surface area (Å²) in [5, 5.41) is 11.1. The molecule has 0 aliphatic rings. The second-order valence-electron chi connectivity index (χ2n) is 4.60. The van der Waals surface area contributed by atoms with Crippen LogP contribution in [-0.2, 0) is 19.6 Å². The third kappa shape index (κ3) is 7.93. The highest BCUT2D eigenvalue weighted by molar-refractivity contribution is 7.92. The number of unbranched alkanes of at least 4 members (excludes halogenated alkanes) is 1. The first-order valence-electron chi connectivity index (χ1n) is 6.36. The van der Waals surface area contributed by atoms with E-state index in [1.54, 1.807) is 18.2 Å². The van der Waals surface area contributed by atoms with E-state index in [2.05, 4.69) is 10.0 Å². The zero-order valence-corrected chi connectivity index (χ0v) is 12.4. The average Bonchev–Trinajstić information content (AvgIpc) is 2.32. The van der Waals surface area contributed by atoms with Crippen molar-refractivity contribution in [3.05, 3.63) is 24.3 Å². The molecule has 0 bridgehead atoms. The highest BCUT2D eigenvalue weighted by Gasteiger charge is 2.06.